The van der Waals surface area contributed by atoms with Gasteiger partial charge in [-0.3, -0.25) is 0 Å². The predicted molar refractivity (Wildman–Crippen MR) is 79.1 cm³/mol. The molecule has 0 fully saturated rings. The molecule has 0 radical (unpaired) electrons. The summed E-state index contributed by atoms with van der Waals surface area (Å²) in [5.74, 6) is -0.699. The molecule has 1 aliphatic carbocycles. The van der Waals surface area contributed by atoms with Gasteiger partial charge in [-0.25, -0.2) is 0 Å². The summed E-state index contributed by atoms with van der Waals surface area (Å²) in [6.07, 6.45) is 7.91. The molecule has 0 aromatic heterocycles. The molecule has 1 nitrogen and oxygen atoms in total. The van der Waals surface area contributed by atoms with Gasteiger partial charge in [0, 0.05) is 0 Å². The van der Waals surface area contributed by atoms with E-state index in [-0.39, 0.29) is 24.8 Å². The van der Waals surface area contributed by atoms with Crippen LogP contribution >= 0.6 is 24.8 Å². The van der Waals surface area contributed by atoms with Gasteiger partial charge in [0.25, 0.3) is 0 Å². The molecule has 0 saturated heterocycles. The average molecular weight is 362 g/mol. The van der Waals surface area contributed by atoms with Gasteiger partial charge in [0.2, 0.25) is 0 Å². The summed E-state index contributed by atoms with van der Waals surface area (Å²) >= 11 is -2.48. The molecule has 0 amide bonds. The topological polar surface area (TPSA) is 26.0 Å². The van der Waals surface area contributed by atoms with Crippen LogP contribution in [0.4, 0.5) is 0 Å². The maximum Gasteiger partial charge on any atom is -0.147 e. The molecule has 1 rings (SSSR count). The van der Waals surface area contributed by atoms with Crippen molar-refractivity contribution in [3.8, 4) is 0 Å². The van der Waals surface area contributed by atoms with Gasteiger partial charge < -0.3 is 0 Å². The summed E-state index contributed by atoms with van der Waals surface area (Å²) in [6.45, 7) is 12.0. The molecule has 16 heavy (non-hydrogen) atoms. The van der Waals surface area contributed by atoms with E-state index in [1.54, 1.807) is 3.28 Å². The number of halogens is 2. The third-order valence-corrected chi connectivity index (χ3v) is 35.6. The molecule has 0 saturated carbocycles. The number of allylic oxidation sites excluding steroid dienone is 4. The zero-order chi connectivity index (χ0) is 11.0. The van der Waals surface area contributed by atoms with Crippen molar-refractivity contribution in [1.82, 2.24) is 0 Å². The average Bonchev–Trinajstić information content (AvgIpc) is 2.52. The zero-order valence-electron chi connectivity index (χ0n) is 10.9. The van der Waals surface area contributed by atoms with Gasteiger partial charge in [0.15, 0.2) is 0 Å². The summed E-state index contributed by atoms with van der Waals surface area (Å²) in [5, 5.41) is 0. The van der Waals surface area contributed by atoms with E-state index < -0.39 is 25.6 Å². The first kappa shape index (κ1) is 19.5. The van der Waals surface area contributed by atoms with Crippen LogP contribution in [-0.4, -0.2) is 5.92 Å². The second kappa shape index (κ2) is 6.89. The van der Waals surface area contributed by atoms with Gasteiger partial charge in [-0.05, 0) is 0 Å². The number of nitrogens with two attached hydrogens (primary N) is 1. The van der Waals surface area contributed by atoms with Crippen LogP contribution in [0.2, 0.25) is 16.2 Å². The Hall–Kier alpha value is 1.12. The van der Waals surface area contributed by atoms with Crippen LogP contribution in [0.1, 0.15) is 27.2 Å². The van der Waals surface area contributed by atoms with Gasteiger partial charge in [-0.15, -0.1) is 24.8 Å². The standard InChI is InChI=1S/C5H5.C4H9.C2H7Si.2ClH.H2N.Zr/c1-2-4-5-3-1;1-4(2)3;1-3-2;;;;/h1-3H,4H2;1-3H3;3H,1-2H3;2*1H;1H2;/q;;;;;-1;+1. The van der Waals surface area contributed by atoms with Gasteiger partial charge >= 0.3 is 94.2 Å². The fourth-order valence-electron chi connectivity index (χ4n) is 2.47. The van der Waals surface area contributed by atoms with Crippen molar-refractivity contribution >= 4 is 30.7 Å². The molecule has 2 N–H and O–H groups in total. The van der Waals surface area contributed by atoms with Gasteiger partial charge in [-0.1, -0.05) is 0 Å². The number of hydrogen-bond donors (Lipinski definition) is 1. The van der Waals surface area contributed by atoms with Crippen LogP contribution in [0.15, 0.2) is 21.5 Å². The molecule has 1 atom stereocenters. The Bertz CT molecular complexity index is 284. The summed E-state index contributed by atoms with van der Waals surface area (Å²) < 4.78 is 8.92. The second-order valence-corrected chi connectivity index (χ2v) is 31.3. The monoisotopic (exact) mass is 359 g/mol. The molecule has 0 aromatic carbocycles. The van der Waals surface area contributed by atoms with E-state index in [9.17, 15) is 0 Å². The Morgan fingerprint density at radius 2 is 1.75 bits per heavy atom. The number of rotatable bonds is 2. The van der Waals surface area contributed by atoms with Crippen molar-refractivity contribution < 1.29 is 19.7 Å². The van der Waals surface area contributed by atoms with Crippen molar-refractivity contribution in [3.63, 3.8) is 0 Å². The van der Waals surface area contributed by atoms with Crippen LogP contribution in [0.5, 0.6) is 0 Å². The number of hydrogen-bond acceptors (Lipinski definition) is 1. The largest absolute Gasteiger partial charge is 0.147 e. The fraction of sp³-hybridized carbons (Fsp3) is 0.636. The first-order valence-corrected chi connectivity index (χ1v) is 16.5. The van der Waals surface area contributed by atoms with Crippen molar-refractivity contribution in [2.24, 2.45) is 3.68 Å². The van der Waals surface area contributed by atoms with Crippen LogP contribution in [0, 0.1) is 0 Å². The van der Waals surface area contributed by atoms with Crippen molar-refractivity contribution in [2.75, 3.05) is 0 Å². The van der Waals surface area contributed by atoms with E-state index in [1.165, 1.54) is 0 Å². The van der Waals surface area contributed by atoms with E-state index in [4.69, 9.17) is 3.68 Å². The molecule has 0 spiro atoms. The fourth-order valence-corrected chi connectivity index (χ4v) is 28.9. The maximum absolute atomic E-state index is 6.89. The van der Waals surface area contributed by atoms with E-state index in [0.717, 1.165) is 6.42 Å². The second-order valence-electron chi connectivity index (χ2n) is 5.60. The molecule has 0 aromatic rings. The van der Waals surface area contributed by atoms with Crippen molar-refractivity contribution in [1.29, 1.82) is 0 Å². The van der Waals surface area contributed by atoms with Crippen LogP contribution in [0.25, 0.3) is 0 Å². The van der Waals surface area contributed by atoms with Crippen molar-refractivity contribution in [2.45, 2.75) is 43.4 Å². The quantitative estimate of drug-likeness (QED) is 0.742. The van der Waals surface area contributed by atoms with E-state index in [0.29, 0.717) is 3.12 Å². The third-order valence-electron chi connectivity index (χ3n) is 3.45. The maximum atomic E-state index is 6.89. The Kier molecular flexibility index (Phi) is 8.39. The molecule has 0 heterocycles. The molecule has 96 valence electrons. The minimum Gasteiger partial charge on any atom is -0.147 e. The molecular weight excluding hydrogens is 336 g/mol. The Balaban J connectivity index is 0. The molecular formula is C11H25Cl2NSiZr. The van der Waals surface area contributed by atoms with Crippen LogP contribution in [0.3, 0.4) is 0 Å². The van der Waals surface area contributed by atoms with E-state index in [2.05, 4.69) is 52.1 Å². The van der Waals surface area contributed by atoms with Crippen LogP contribution in [-0.2, 0) is 19.7 Å². The smallest absolute Gasteiger partial charge is 0.147 e. The first-order chi connectivity index (χ1) is 6.30. The Morgan fingerprint density at radius 1 is 1.25 bits per heavy atom. The first-order valence-electron chi connectivity index (χ1n) is 5.45. The zero-order valence-corrected chi connectivity index (χ0v) is 16.2. The summed E-state index contributed by atoms with van der Waals surface area (Å²) in [7, 11) is 0. The molecule has 5 heteroatoms. The van der Waals surface area contributed by atoms with E-state index >= 15 is 0 Å². The molecule has 1 unspecified atom stereocenters. The molecule has 0 bridgehead atoms. The van der Waals surface area contributed by atoms with Crippen molar-refractivity contribution in [3.05, 3.63) is 21.5 Å². The SMILES string of the molecule is C[SiH](C)[Zr]([NH2])([C]1=CC=CC1)[C](C)(C)C.Cl.Cl. The third kappa shape index (κ3) is 3.55. The molecule has 0 aliphatic heterocycles. The minimum absolute atomic E-state index is 0. The van der Waals surface area contributed by atoms with Crippen LogP contribution < -0.4 is 3.68 Å². The van der Waals surface area contributed by atoms with Gasteiger partial charge in [0.05, 0.1) is 0 Å². The Morgan fingerprint density at radius 3 is 2.00 bits per heavy atom. The summed E-state index contributed by atoms with van der Waals surface area (Å²) in [4.78, 5) is 0. The van der Waals surface area contributed by atoms with Gasteiger partial charge in [-0.2, -0.15) is 0 Å². The molecule has 1 aliphatic rings. The summed E-state index contributed by atoms with van der Waals surface area (Å²) in [5.41, 5.74) is 0. The predicted octanol–water partition coefficient (Wildman–Crippen LogP) is 3.90. The van der Waals surface area contributed by atoms with E-state index in [1.807, 2.05) is 0 Å². The summed E-state index contributed by atoms with van der Waals surface area (Å²) in [6, 6.07) is 0. The minimum atomic E-state index is -2.48. The van der Waals surface area contributed by atoms with Gasteiger partial charge in [0.1, 0.15) is 0 Å². The normalized spacial score (nSPS) is 18.6. The Labute approximate surface area is 118 Å².